The zero-order valence-electron chi connectivity index (χ0n) is 15.3. The molecule has 144 valence electrons. The van der Waals surface area contributed by atoms with Crippen LogP contribution < -0.4 is 4.74 Å². The molecule has 0 saturated heterocycles. The summed E-state index contributed by atoms with van der Waals surface area (Å²) in [7, 11) is 0. The highest BCUT2D eigenvalue weighted by atomic mass is 35.5. The molecule has 0 bridgehead atoms. The van der Waals surface area contributed by atoms with Crippen LogP contribution in [0.25, 0.3) is 11.4 Å². The van der Waals surface area contributed by atoms with Gasteiger partial charge in [-0.1, -0.05) is 72.3 Å². The number of nitrogens with one attached hydrogen (secondary N) is 1. The van der Waals surface area contributed by atoms with E-state index in [1.54, 1.807) is 10.9 Å². The third kappa shape index (κ3) is 4.45. The predicted molar refractivity (Wildman–Crippen MR) is 118 cm³/mol. The first-order chi connectivity index (χ1) is 14.2. The molecule has 1 heterocycles. The van der Waals surface area contributed by atoms with Crippen LogP contribution in [-0.2, 0) is 6.61 Å². The van der Waals surface area contributed by atoms with Gasteiger partial charge in [0.25, 0.3) is 0 Å². The molecule has 0 saturated carbocycles. The third-order valence-electron chi connectivity index (χ3n) is 4.25. The van der Waals surface area contributed by atoms with Crippen molar-refractivity contribution in [3.63, 3.8) is 0 Å². The number of hydrogen-bond acceptors (Lipinski definition) is 4. The summed E-state index contributed by atoms with van der Waals surface area (Å²) in [4.78, 5) is 0. The van der Waals surface area contributed by atoms with Crippen LogP contribution in [0.5, 0.6) is 5.75 Å². The van der Waals surface area contributed by atoms with Crippen LogP contribution in [0.4, 0.5) is 0 Å². The van der Waals surface area contributed by atoms with Gasteiger partial charge >= 0.3 is 0 Å². The van der Waals surface area contributed by atoms with E-state index in [9.17, 15) is 0 Å². The second-order valence-electron chi connectivity index (χ2n) is 6.19. The van der Waals surface area contributed by atoms with Crippen molar-refractivity contribution in [3.05, 3.63) is 99.8 Å². The van der Waals surface area contributed by atoms with Crippen molar-refractivity contribution in [2.45, 2.75) is 6.61 Å². The van der Waals surface area contributed by atoms with Crippen LogP contribution >= 0.6 is 23.8 Å². The minimum Gasteiger partial charge on any atom is -0.488 e. The number of nitrogens with zero attached hydrogens (tertiary/aromatic N) is 3. The van der Waals surface area contributed by atoms with Crippen molar-refractivity contribution in [1.82, 2.24) is 14.9 Å². The molecule has 0 unspecified atom stereocenters. The van der Waals surface area contributed by atoms with E-state index in [0.29, 0.717) is 28.0 Å². The van der Waals surface area contributed by atoms with Crippen LogP contribution in [-0.4, -0.2) is 21.1 Å². The summed E-state index contributed by atoms with van der Waals surface area (Å²) in [6.45, 7) is 0.366. The fraction of sp³-hybridized carbons (Fsp3) is 0.0455. The topological polar surface area (TPSA) is 55.2 Å². The van der Waals surface area contributed by atoms with Gasteiger partial charge in [-0.05, 0) is 30.4 Å². The lowest BCUT2D eigenvalue weighted by Gasteiger charge is -2.10. The molecule has 3 aromatic carbocycles. The Kier molecular flexibility index (Phi) is 5.84. The van der Waals surface area contributed by atoms with E-state index < -0.39 is 0 Å². The summed E-state index contributed by atoms with van der Waals surface area (Å²) in [5.41, 5.74) is 2.66. The van der Waals surface area contributed by atoms with Crippen molar-refractivity contribution in [2.75, 3.05) is 0 Å². The second kappa shape index (κ2) is 8.86. The molecule has 0 aliphatic heterocycles. The minimum atomic E-state index is 0.366. The summed E-state index contributed by atoms with van der Waals surface area (Å²) in [5, 5.41) is 12.3. The monoisotopic (exact) mass is 420 g/mol. The Bertz CT molecular complexity index is 1200. The molecular weight excluding hydrogens is 404 g/mol. The number of para-hydroxylation sites is 1. The Morgan fingerprint density at radius 2 is 1.72 bits per heavy atom. The maximum absolute atomic E-state index is 6.22. The first-order valence-electron chi connectivity index (χ1n) is 8.95. The number of hydrogen-bond donors (Lipinski definition) is 1. The van der Waals surface area contributed by atoms with Gasteiger partial charge < -0.3 is 4.74 Å². The maximum Gasteiger partial charge on any atom is 0.216 e. The molecule has 0 amide bonds. The van der Waals surface area contributed by atoms with Gasteiger partial charge in [0, 0.05) is 21.7 Å². The van der Waals surface area contributed by atoms with Crippen LogP contribution in [0.3, 0.4) is 0 Å². The molecule has 0 aliphatic carbocycles. The Morgan fingerprint density at radius 1 is 1.00 bits per heavy atom. The average Bonchev–Trinajstić information content (AvgIpc) is 3.13. The van der Waals surface area contributed by atoms with Crippen molar-refractivity contribution in [1.29, 1.82) is 0 Å². The number of benzene rings is 3. The first-order valence-corrected chi connectivity index (χ1v) is 9.73. The summed E-state index contributed by atoms with van der Waals surface area (Å²) < 4.78 is 7.99. The lowest BCUT2D eigenvalue weighted by molar-refractivity contribution is 0.306. The van der Waals surface area contributed by atoms with Crippen LogP contribution in [0.15, 0.2) is 84.0 Å². The van der Waals surface area contributed by atoms with Crippen LogP contribution in [0, 0.1) is 4.77 Å². The van der Waals surface area contributed by atoms with Gasteiger partial charge in [-0.3, -0.25) is 0 Å². The van der Waals surface area contributed by atoms with E-state index in [1.165, 1.54) is 0 Å². The van der Waals surface area contributed by atoms with E-state index in [2.05, 4.69) is 15.3 Å². The number of aromatic amines is 1. The quantitative estimate of drug-likeness (QED) is 0.320. The van der Waals surface area contributed by atoms with Crippen molar-refractivity contribution in [3.8, 4) is 17.1 Å². The largest absolute Gasteiger partial charge is 0.488 e. The molecule has 0 atom stereocenters. The van der Waals surface area contributed by atoms with Gasteiger partial charge in [-0.15, -0.1) is 0 Å². The zero-order valence-corrected chi connectivity index (χ0v) is 16.9. The fourth-order valence-electron chi connectivity index (χ4n) is 2.78. The Hall–Kier alpha value is -3.22. The van der Waals surface area contributed by atoms with E-state index in [4.69, 9.17) is 28.6 Å². The first kappa shape index (κ1) is 19.1. The average molecular weight is 421 g/mol. The normalized spacial score (nSPS) is 11.1. The van der Waals surface area contributed by atoms with Gasteiger partial charge in [-0.2, -0.15) is 14.9 Å². The summed E-state index contributed by atoms with van der Waals surface area (Å²) in [5.74, 6) is 1.34. The number of ether oxygens (including phenoxy) is 1. The summed E-state index contributed by atoms with van der Waals surface area (Å²) in [6, 6.07) is 25.0. The minimum absolute atomic E-state index is 0.366. The SMILES string of the molecule is S=c1[nH]nc(-c2ccccc2)n1/N=C\c1ccccc1OCc1ccccc1Cl. The molecule has 0 fully saturated rings. The van der Waals surface area contributed by atoms with E-state index >= 15 is 0 Å². The molecule has 0 radical (unpaired) electrons. The molecule has 4 aromatic rings. The lowest BCUT2D eigenvalue weighted by atomic mass is 10.2. The molecule has 0 aliphatic rings. The second-order valence-corrected chi connectivity index (χ2v) is 6.99. The smallest absolute Gasteiger partial charge is 0.216 e. The van der Waals surface area contributed by atoms with E-state index in [1.807, 2.05) is 78.9 Å². The summed E-state index contributed by atoms with van der Waals surface area (Å²) in [6.07, 6.45) is 1.71. The van der Waals surface area contributed by atoms with Crippen molar-refractivity contribution in [2.24, 2.45) is 5.10 Å². The zero-order chi connectivity index (χ0) is 20.1. The molecule has 7 heteroatoms. The molecule has 29 heavy (non-hydrogen) atoms. The highest BCUT2D eigenvalue weighted by Crippen LogP contribution is 2.22. The molecule has 4 rings (SSSR count). The number of H-pyrrole nitrogens is 1. The van der Waals surface area contributed by atoms with Gasteiger partial charge in [-0.25, -0.2) is 5.10 Å². The Balaban J connectivity index is 1.60. The van der Waals surface area contributed by atoms with Gasteiger partial charge in [0.15, 0.2) is 5.82 Å². The predicted octanol–water partition coefficient (Wildman–Crippen LogP) is 5.72. The maximum atomic E-state index is 6.22. The fourth-order valence-corrected chi connectivity index (χ4v) is 3.15. The van der Waals surface area contributed by atoms with Crippen molar-refractivity contribution < 1.29 is 4.74 Å². The van der Waals surface area contributed by atoms with Crippen LogP contribution in [0.2, 0.25) is 5.02 Å². The van der Waals surface area contributed by atoms with Gasteiger partial charge in [0.1, 0.15) is 12.4 Å². The molecule has 0 spiro atoms. The van der Waals surface area contributed by atoms with E-state index in [-0.39, 0.29) is 0 Å². The highest BCUT2D eigenvalue weighted by molar-refractivity contribution is 7.71. The lowest BCUT2D eigenvalue weighted by Crippen LogP contribution is -2.00. The molecular formula is C22H17ClN4OS. The van der Waals surface area contributed by atoms with Gasteiger partial charge in [0.05, 0.1) is 6.21 Å². The number of halogens is 1. The van der Waals surface area contributed by atoms with E-state index in [0.717, 1.165) is 16.7 Å². The Morgan fingerprint density at radius 3 is 2.55 bits per heavy atom. The highest BCUT2D eigenvalue weighted by Gasteiger charge is 2.08. The van der Waals surface area contributed by atoms with Gasteiger partial charge in [0.2, 0.25) is 4.77 Å². The number of rotatable bonds is 6. The summed E-state index contributed by atoms with van der Waals surface area (Å²) >= 11 is 11.6. The van der Waals surface area contributed by atoms with Crippen LogP contribution in [0.1, 0.15) is 11.1 Å². The Labute approximate surface area is 178 Å². The molecule has 1 N–H and O–H groups in total. The third-order valence-corrected chi connectivity index (χ3v) is 4.89. The molecule has 5 nitrogen and oxygen atoms in total. The molecule has 1 aromatic heterocycles. The standard InChI is InChI=1S/C22H17ClN4OS/c23-19-12-6-4-11-18(19)15-28-20-13-7-5-10-17(20)14-24-27-21(25-26-22(27)29)16-8-2-1-3-9-16/h1-14H,15H2,(H,26,29)/b24-14-. The van der Waals surface area contributed by atoms with Crippen molar-refractivity contribution >= 4 is 30.0 Å². The number of aromatic nitrogens is 3.